The van der Waals surface area contributed by atoms with Crippen LogP contribution in [-0.2, 0) is 5.41 Å². The molecule has 0 bridgehead atoms. The molecule has 0 atom stereocenters. The molecule has 0 aliphatic rings. The van der Waals surface area contributed by atoms with E-state index in [1.807, 2.05) is 36.4 Å². The van der Waals surface area contributed by atoms with Crippen LogP contribution in [0.25, 0.3) is 22.2 Å². The molecule has 162 valence electrons. The van der Waals surface area contributed by atoms with Crippen LogP contribution in [0, 0.1) is 0 Å². The summed E-state index contributed by atoms with van der Waals surface area (Å²) in [5.74, 6) is -0.167. The molecule has 7 nitrogen and oxygen atoms in total. The topological polar surface area (TPSA) is 98.2 Å². The zero-order valence-corrected chi connectivity index (χ0v) is 18.5. The van der Waals surface area contributed by atoms with E-state index in [9.17, 15) is 4.79 Å². The Morgan fingerprint density at radius 1 is 1.12 bits per heavy atom. The molecule has 0 aliphatic carbocycles. The van der Waals surface area contributed by atoms with E-state index in [2.05, 4.69) is 59.9 Å². The number of fused-ring (bicyclic) bond motifs is 2. The molecule has 0 aliphatic heterocycles. The average Bonchev–Trinajstić information content (AvgIpc) is 3.04. The lowest BCUT2D eigenvalue weighted by Crippen LogP contribution is -2.24. The van der Waals surface area contributed by atoms with Gasteiger partial charge in [-0.25, -0.2) is 9.97 Å². The van der Waals surface area contributed by atoms with Crippen LogP contribution in [0.1, 0.15) is 42.3 Å². The maximum Gasteiger partial charge on any atom is 0.257 e. The number of nitrogen functional groups attached to an aromatic ring is 1. The molecule has 3 N–H and O–H groups in total. The Bertz CT molecular complexity index is 1340. The molecule has 7 heteroatoms. The van der Waals surface area contributed by atoms with Crippen molar-refractivity contribution >= 4 is 40.1 Å². The SMILES string of the molecule is C=CCNC(=O)c1c(N)n(/N=C/c2ccc(C(C)(C)C)cc2)c2nc3ccccc3nc12. The number of benzene rings is 2. The Balaban J connectivity index is 1.83. The summed E-state index contributed by atoms with van der Waals surface area (Å²) in [6.07, 6.45) is 3.30. The van der Waals surface area contributed by atoms with Gasteiger partial charge in [-0.05, 0) is 28.7 Å². The van der Waals surface area contributed by atoms with Crippen molar-refractivity contribution in [2.45, 2.75) is 26.2 Å². The first-order valence-electron chi connectivity index (χ1n) is 10.4. The Morgan fingerprint density at radius 3 is 2.41 bits per heavy atom. The molecule has 0 radical (unpaired) electrons. The first-order valence-corrected chi connectivity index (χ1v) is 10.4. The summed E-state index contributed by atoms with van der Waals surface area (Å²) in [7, 11) is 0. The second-order valence-electron chi connectivity index (χ2n) is 8.57. The number of rotatable bonds is 5. The molecular weight excluding hydrogens is 400 g/mol. The largest absolute Gasteiger partial charge is 0.383 e. The van der Waals surface area contributed by atoms with Gasteiger partial charge in [0.2, 0.25) is 0 Å². The molecule has 0 fully saturated rings. The first-order chi connectivity index (χ1) is 15.3. The van der Waals surface area contributed by atoms with Gasteiger partial charge >= 0.3 is 0 Å². The third kappa shape index (κ3) is 3.97. The van der Waals surface area contributed by atoms with Crippen LogP contribution >= 0.6 is 0 Å². The Labute approximate surface area is 186 Å². The molecule has 0 unspecified atom stereocenters. The lowest BCUT2D eigenvalue weighted by molar-refractivity contribution is 0.0960. The van der Waals surface area contributed by atoms with Gasteiger partial charge in [0.1, 0.15) is 16.9 Å². The molecule has 1 amide bonds. The number of hydrogen-bond donors (Lipinski definition) is 2. The van der Waals surface area contributed by atoms with Crippen molar-refractivity contribution < 1.29 is 4.79 Å². The van der Waals surface area contributed by atoms with Gasteiger partial charge in [0.15, 0.2) is 5.65 Å². The summed E-state index contributed by atoms with van der Waals surface area (Å²) >= 11 is 0. The highest BCUT2D eigenvalue weighted by atomic mass is 16.1. The Kier molecular flexibility index (Phi) is 5.48. The van der Waals surface area contributed by atoms with E-state index in [0.717, 1.165) is 5.56 Å². The van der Waals surface area contributed by atoms with Crippen molar-refractivity contribution in [1.29, 1.82) is 0 Å². The lowest BCUT2D eigenvalue weighted by Gasteiger charge is -2.18. The highest BCUT2D eigenvalue weighted by molar-refractivity contribution is 6.10. The van der Waals surface area contributed by atoms with Crippen LogP contribution < -0.4 is 11.1 Å². The van der Waals surface area contributed by atoms with Gasteiger partial charge in [-0.2, -0.15) is 9.78 Å². The summed E-state index contributed by atoms with van der Waals surface area (Å²) in [5, 5.41) is 7.32. The van der Waals surface area contributed by atoms with Crippen molar-refractivity contribution in [2.75, 3.05) is 12.3 Å². The van der Waals surface area contributed by atoms with E-state index in [1.54, 1.807) is 12.3 Å². The maximum absolute atomic E-state index is 12.8. The van der Waals surface area contributed by atoms with Gasteiger partial charge < -0.3 is 11.1 Å². The molecule has 4 rings (SSSR count). The minimum atomic E-state index is -0.347. The number of hydrogen-bond acceptors (Lipinski definition) is 5. The Hall–Kier alpha value is -4.00. The zero-order chi connectivity index (χ0) is 22.9. The van der Waals surface area contributed by atoms with E-state index in [0.29, 0.717) is 28.7 Å². The van der Waals surface area contributed by atoms with Gasteiger partial charge in [0.25, 0.3) is 5.91 Å². The smallest absolute Gasteiger partial charge is 0.257 e. The van der Waals surface area contributed by atoms with Gasteiger partial charge in [-0.15, -0.1) is 6.58 Å². The molecule has 4 aromatic rings. The number of anilines is 1. The van der Waals surface area contributed by atoms with Crippen LogP contribution in [0.5, 0.6) is 0 Å². The normalized spacial score (nSPS) is 12.0. The number of nitrogens with zero attached hydrogens (tertiary/aromatic N) is 4. The molecule has 0 saturated carbocycles. The van der Waals surface area contributed by atoms with Gasteiger partial charge in [-0.3, -0.25) is 4.79 Å². The molecule has 0 saturated heterocycles. The Morgan fingerprint density at radius 2 is 1.78 bits per heavy atom. The number of nitrogens with one attached hydrogen (secondary N) is 1. The van der Waals surface area contributed by atoms with E-state index in [1.165, 1.54) is 10.2 Å². The summed E-state index contributed by atoms with van der Waals surface area (Å²) in [6.45, 7) is 10.5. The minimum absolute atomic E-state index is 0.0705. The molecule has 2 aromatic heterocycles. The summed E-state index contributed by atoms with van der Waals surface area (Å²) in [5.41, 5.74) is 11.0. The maximum atomic E-state index is 12.8. The fourth-order valence-corrected chi connectivity index (χ4v) is 3.44. The number of para-hydroxylation sites is 2. The van der Waals surface area contributed by atoms with Crippen molar-refractivity contribution in [3.63, 3.8) is 0 Å². The molecule has 0 spiro atoms. The fraction of sp³-hybridized carbons (Fsp3) is 0.200. The predicted octanol–water partition coefficient (Wildman–Crippen LogP) is 4.26. The van der Waals surface area contributed by atoms with Crippen molar-refractivity contribution in [3.8, 4) is 0 Å². The number of aromatic nitrogens is 3. The second-order valence-corrected chi connectivity index (χ2v) is 8.57. The van der Waals surface area contributed by atoms with Crippen molar-refractivity contribution in [1.82, 2.24) is 20.0 Å². The van der Waals surface area contributed by atoms with E-state index < -0.39 is 0 Å². The zero-order valence-electron chi connectivity index (χ0n) is 18.5. The second kappa shape index (κ2) is 8.26. The van der Waals surface area contributed by atoms with Gasteiger partial charge in [0.05, 0.1) is 17.2 Å². The summed E-state index contributed by atoms with van der Waals surface area (Å²) in [6, 6.07) is 15.6. The quantitative estimate of drug-likeness (QED) is 0.368. The fourth-order valence-electron chi connectivity index (χ4n) is 3.44. The van der Waals surface area contributed by atoms with Crippen molar-refractivity contribution in [3.05, 3.63) is 77.9 Å². The summed E-state index contributed by atoms with van der Waals surface area (Å²) < 4.78 is 1.47. The molecule has 32 heavy (non-hydrogen) atoms. The highest BCUT2D eigenvalue weighted by Gasteiger charge is 2.23. The molecular formula is C25H26N6O. The monoisotopic (exact) mass is 426 g/mol. The number of carbonyl (C=O) groups is 1. The van der Waals surface area contributed by atoms with E-state index >= 15 is 0 Å². The number of amides is 1. The van der Waals surface area contributed by atoms with Crippen LogP contribution in [0.2, 0.25) is 0 Å². The predicted molar refractivity (Wildman–Crippen MR) is 130 cm³/mol. The number of nitrogens with two attached hydrogens (primary N) is 1. The summed E-state index contributed by atoms with van der Waals surface area (Å²) in [4.78, 5) is 22.2. The van der Waals surface area contributed by atoms with Crippen LogP contribution in [-0.4, -0.2) is 33.3 Å². The standard InChI is InChI=1S/C25H26N6O/c1-5-14-27-24(32)20-21-23(30-19-9-7-6-8-18(19)29-21)31(22(20)26)28-15-16-10-12-17(13-11-16)25(2,3)4/h5-13,15H,1,14,26H2,2-4H3,(H,27,32)/b28-15+. The first kappa shape index (κ1) is 21.2. The van der Waals surface area contributed by atoms with Crippen LogP contribution in [0.3, 0.4) is 0 Å². The van der Waals surface area contributed by atoms with Crippen molar-refractivity contribution in [2.24, 2.45) is 5.10 Å². The van der Waals surface area contributed by atoms with Gasteiger partial charge in [0, 0.05) is 6.54 Å². The van der Waals surface area contributed by atoms with Crippen LogP contribution in [0.4, 0.5) is 5.82 Å². The molecule has 2 heterocycles. The van der Waals surface area contributed by atoms with E-state index in [-0.39, 0.29) is 22.7 Å². The highest BCUT2D eigenvalue weighted by Crippen LogP contribution is 2.28. The van der Waals surface area contributed by atoms with E-state index in [4.69, 9.17) is 5.73 Å². The minimum Gasteiger partial charge on any atom is -0.383 e. The number of carbonyl (C=O) groups excluding carboxylic acids is 1. The lowest BCUT2D eigenvalue weighted by atomic mass is 9.87. The molecule has 2 aromatic carbocycles. The van der Waals surface area contributed by atoms with Gasteiger partial charge in [-0.1, -0.05) is 63.2 Å². The third-order valence-corrected chi connectivity index (χ3v) is 5.21. The third-order valence-electron chi connectivity index (χ3n) is 5.21. The van der Waals surface area contributed by atoms with Crippen LogP contribution in [0.15, 0.2) is 66.3 Å². The average molecular weight is 427 g/mol.